The van der Waals surface area contributed by atoms with Crippen molar-refractivity contribution in [3.05, 3.63) is 66.0 Å². The Bertz CT molecular complexity index is 535. The summed E-state index contributed by atoms with van der Waals surface area (Å²) in [6.07, 6.45) is 6.27. The lowest BCUT2D eigenvalue weighted by atomic mass is 10.1. The highest BCUT2D eigenvalue weighted by Crippen LogP contribution is 2.35. The van der Waals surface area contributed by atoms with E-state index >= 15 is 0 Å². The zero-order valence-electron chi connectivity index (χ0n) is 13.6. The van der Waals surface area contributed by atoms with Gasteiger partial charge in [-0.1, -0.05) is 36.4 Å². The zero-order valence-corrected chi connectivity index (χ0v) is 13.6. The molecule has 1 heterocycles. The summed E-state index contributed by atoms with van der Waals surface area (Å²) in [6.45, 7) is 2.15. The molecule has 3 rings (SSSR count). The van der Waals surface area contributed by atoms with E-state index in [2.05, 4.69) is 41.5 Å². The molecule has 2 aromatic rings. The van der Waals surface area contributed by atoms with E-state index in [1.165, 1.54) is 18.4 Å². The van der Waals surface area contributed by atoms with Crippen LogP contribution in [0.2, 0.25) is 0 Å². The third-order valence-corrected chi connectivity index (χ3v) is 4.03. The van der Waals surface area contributed by atoms with Gasteiger partial charge in [0.25, 0.3) is 0 Å². The van der Waals surface area contributed by atoms with Crippen molar-refractivity contribution in [1.82, 2.24) is 10.3 Å². The highest BCUT2D eigenvalue weighted by Gasteiger charge is 2.37. The molecule has 1 unspecified atom stereocenters. The molecule has 1 aromatic heterocycles. The quantitative estimate of drug-likeness (QED) is 0.892. The molecule has 1 aliphatic carbocycles. The van der Waals surface area contributed by atoms with E-state index < -0.39 is 0 Å². The van der Waals surface area contributed by atoms with Gasteiger partial charge in [-0.3, -0.25) is 4.98 Å². The largest absolute Gasteiger partial charge is 0.325 e. The topological polar surface area (TPSA) is 50.9 Å². The number of hydrogen-bond donors (Lipinski definition) is 2. The number of rotatable bonds is 5. The monoisotopic (exact) mass is 297 g/mol. The third-order valence-electron chi connectivity index (χ3n) is 4.03. The van der Waals surface area contributed by atoms with E-state index in [1.54, 1.807) is 0 Å². The average molecular weight is 297 g/mol. The smallest absolute Gasteiger partial charge is 0.0419 e. The summed E-state index contributed by atoms with van der Waals surface area (Å²) in [5.74, 6) is 0. The van der Waals surface area contributed by atoms with Gasteiger partial charge in [-0.2, -0.15) is 0 Å². The summed E-state index contributed by atoms with van der Waals surface area (Å²) < 4.78 is 0. The maximum Gasteiger partial charge on any atom is 0.0419 e. The number of aromatic nitrogens is 1. The lowest BCUT2D eigenvalue weighted by molar-refractivity contribution is 0.601. The molecule has 1 fully saturated rings. The molecular formula is C19H27N3. The van der Waals surface area contributed by atoms with Gasteiger partial charge in [-0.25, -0.2) is 0 Å². The van der Waals surface area contributed by atoms with E-state index in [9.17, 15) is 0 Å². The minimum atomic E-state index is 0.154. The number of benzene rings is 1. The maximum atomic E-state index is 5.98. The first kappa shape index (κ1) is 16.7. The molecule has 0 saturated heterocycles. The van der Waals surface area contributed by atoms with Crippen LogP contribution in [-0.4, -0.2) is 23.6 Å². The van der Waals surface area contributed by atoms with Crippen molar-refractivity contribution < 1.29 is 0 Å². The molecule has 22 heavy (non-hydrogen) atoms. The van der Waals surface area contributed by atoms with Crippen LogP contribution in [0, 0.1) is 0 Å². The Morgan fingerprint density at radius 1 is 1.14 bits per heavy atom. The van der Waals surface area contributed by atoms with Gasteiger partial charge in [0, 0.05) is 29.9 Å². The number of hydrogen-bond acceptors (Lipinski definition) is 3. The van der Waals surface area contributed by atoms with Crippen molar-refractivity contribution in [3.63, 3.8) is 0 Å². The molecule has 1 aliphatic rings. The fourth-order valence-electron chi connectivity index (χ4n) is 2.27. The van der Waals surface area contributed by atoms with Gasteiger partial charge in [0.15, 0.2) is 0 Å². The minimum absolute atomic E-state index is 0.154. The van der Waals surface area contributed by atoms with Crippen molar-refractivity contribution in [3.8, 4) is 0 Å². The summed E-state index contributed by atoms with van der Waals surface area (Å²) in [6, 6.07) is 17.0. The summed E-state index contributed by atoms with van der Waals surface area (Å²) >= 11 is 0. The van der Waals surface area contributed by atoms with Crippen LogP contribution in [0.5, 0.6) is 0 Å². The van der Waals surface area contributed by atoms with Crippen LogP contribution in [0.15, 0.2) is 54.7 Å². The molecule has 0 spiro atoms. The summed E-state index contributed by atoms with van der Waals surface area (Å²) in [5.41, 5.74) is 8.65. The van der Waals surface area contributed by atoms with Crippen LogP contribution in [0.25, 0.3) is 0 Å². The van der Waals surface area contributed by atoms with Gasteiger partial charge in [0.05, 0.1) is 0 Å². The predicted molar refractivity (Wildman–Crippen MR) is 92.8 cm³/mol. The van der Waals surface area contributed by atoms with Crippen molar-refractivity contribution >= 4 is 0 Å². The number of nitrogens with two attached hydrogens (primary N) is 1. The van der Waals surface area contributed by atoms with Crippen molar-refractivity contribution in [2.24, 2.45) is 5.73 Å². The van der Waals surface area contributed by atoms with Crippen LogP contribution in [0.1, 0.15) is 31.0 Å². The maximum absolute atomic E-state index is 5.98. The van der Waals surface area contributed by atoms with Gasteiger partial charge in [-0.05, 0) is 50.9 Å². The van der Waals surface area contributed by atoms with Crippen LogP contribution in [0.3, 0.4) is 0 Å². The van der Waals surface area contributed by atoms with E-state index in [0.717, 1.165) is 18.5 Å². The van der Waals surface area contributed by atoms with E-state index in [4.69, 9.17) is 5.73 Å². The highest BCUT2D eigenvalue weighted by atomic mass is 14.9. The standard InChI is InChI=1S/C10H13N.C9H14N2/c11-10(6-7-10)8-9-4-2-1-3-5-9;1-8(10-2)7-9-5-3-4-6-11-9/h1-5H,6-8,11H2;3-6,8,10H,7H2,1-2H3. The number of likely N-dealkylation sites (N-methyl/N-ethyl adjacent to an activating group) is 1. The molecule has 0 radical (unpaired) electrons. The lowest BCUT2D eigenvalue weighted by Crippen LogP contribution is -2.24. The van der Waals surface area contributed by atoms with Crippen molar-refractivity contribution in [2.75, 3.05) is 7.05 Å². The van der Waals surface area contributed by atoms with Crippen molar-refractivity contribution in [1.29, 1.82) is 0 Å². The molecule has 0 amide bonds. The van der Waals surface area contributed by atoms with E-state index in [0.29, 0.717) is 6.04 Å². The second-order valence-corrected chi connectivity index (χ2v) is 6.24. The Kier molecular flexibility index (Phi) is 6.10. The Morgan fingerprint density at radius 3 is 2.36 bits per heavy atom. The van der Waals surface area contributed by atoms with Gasteiger partial charge < -0.3 is 11.1 Å². The molecule has 118 valence electrons. The van der Waals surface area contributed by atoms with E-state index in [-0.39, 0.29) is 5.54 Å². The van der Waals surface area contributed by atoms with Gasteiger partial charge in [0.2, 0.25) is 0 Å². The highest BCUT2D eigenvalue weighted by molar-refractivity contribution is 5.20. The minimum Gasteiger partial charge on any atom is -0.325 e. The second-order valence-electron chi connectivity index (χ2n) is 6.24. The Hall–Kier alpha value is -1.71. The summed E-state index contributed by atoms with van der Waals surface area (Å²) in [7, 11) is 1.97. The fraction of sp³-hybridized carbons (Fsp3) is 0.421. The first-order valence-corrected chi connectivity index (χ1v) is 8.01. The van der Waals surface area contributed by atoms with Gasteiger partial charge in [-0.15, -0.1) is 0 Å². The first-order valence-electron chi connectivity index (χ1n) is 8.01. The molecule has 1 saturated carbocycles. The van der Waals surface area contributed by atoms with Crippen LogP contribution in [-0.2, 0) is 12.8 Å². The van der Waals surface area contributed by atoms with Crippen LogP contribution >= 0.6 is 0 Å². The zero-order chi connectivity index (χ0) is 15.8. The van der Waals surface area contributed by atoms with Crippen LogP contribution < -0.4 is 11.1 Å². The third kappa shape index (κ3) is 5.96. The Balaban J connectivity index is 0.000000160. The number of pyridine rings is 1. The first-order chi connectivity index (χ1) is 10.6. The lowest BCUT2D eigenvalue weighted by Gasteiger charge is -2.07. The molecule has 3 heteroatoms. The Labute approximate surface area is 134 Å². The summed E-state index contributed by atoms with van der Waals surface area (Å²) in [4.78, 5) is 4.23. The molecule has 3 N–H and O–H groups in total. The van der Waals surface area contributed by atoms with Gasteiger partial charge in [0.1, 0.15) is 0 Å². The second kappa shape index (κ2) is 8.06. The van der Waals surface area contributed by atoms with E-state index in [1.807, 2.05) is 37.5 Å². The van der Waals surface area contributed by atoms with Gasteiger partial charge >= 0.3 is 0 Å². The average Bonchev–Trinajstić information content (AvgIpc) is 3.27. The molecule has 0 bridgehead atoms. The molecule has 3 nitrogen and oxygen atoms in total. The fourth-order valence-corrected chi connectivity index (χ4v) is 2.27. The summed E-state index contributed by atoms with van der Waals surface area (Å²) in [5, 5.41) is 3.17. The van der Waals surface area contributed by atoms with Crippen molar-refractivity contribution in [2.45, 2.75) is 44.2 Å². The Morgan fingerprint density at radius 2 is 1.82 bits per heavy atom. The van der Waals surface area contributed by atoms with Crippen LogP contribution in [0.4, 0.5) is 0 Å². The number of nitrogens with zero attached hydrogens (tertiary/aromatic N) is 1. The molecule has 0 aliphatic heterocycles. The molecule has 1 atom stereocenters. The predicted octanol–water partition coefficient (Wildman–Crippen LogP) is 2.95. The molecule has 1 aromatic carbocycles. The molecular weight excluding hydrogens is 270 g/mol. The normalized spacial score (nSPS) is 16.3. The number of nitrogens with one attached hydrogen (secondary N) is 1. The SMILES string of the molecule is CNC(C)Cc1ccccn1.NC1(Cc2ccccc2)CC1.